The van der Waals surface area contributed by atoms with Crippen LogP contribution in [0.3, 0.4) is 0 Å². The fourth-order valence-corrected chi connectivity index (χ4v) is 1.38. The smallest absolute Gasteiger partial charge is 0.328 e. The molecular weight excluding hydrogens is 180 g/mol. The van der Waals surface area contributed by atoms with E-state index in [1.54, 1.807) is 0 Å². The number of hydrogen-bond donors (Lipinski definition) is 0. The normalized spacial score (nSPS) is 14.6. The van der Waals surface area contributed by atoms with Crippen LogP contribution in [-0.2, 0) is 0 Å². The van der Waals surface area contributed by atoms with Gasteiger partial charge in [-0.3, -0.25) is 0 Å². The molecule has 0 nitrogen and oxygen atoms in total. The van der Waals surface area contributed by atoms with E-state index < -0.39 is 0 Å². The minimum absolute atomic E-state index is 0. The van der Waals surface area contributed by atoms with Gasteiger partial charge in [0.1, 0.15) is 0 Å². The van der Waals surface area contributed by atoms with Crippen LogP contribution in [0.5, 0.6) is 0 Å². The van der Waals surface area contributed by atoms with Crippen molar-refractivity contribution in [3.05, 3.63) is 49.2 Å². The van der Waals surface area contributed by atoms with Crippen molar-refractivity contribution in [3.63, 3.8) is 0 Å². The summed E-state index contributed by atoms with van der Waals surface area (Å²) in [6.07, 6.45) is 9.50. The average Bonchev–Trinajstić information content (AvgIpc) is 2.22. The van der Waals surface area contributed by atoms with Gasteiger partial charge in [-0.2, -0.15) is 37.5 Å². The van der Waals surface area contributed by atoms with E-state index in [0.29, 0.717) is 0 Å². The van der Waals surface area contributed by atoms with Gasteiger partial charge in [-0.25, -0.2) is 0 Å². The number of rotatable bonds is 0. The Morgan fingerprint density at radius 2 is 1.50 bits per heavy atom. The summed E-state index contributed by atoms with van der Waals surface area (Å²) in [4.78, 5) is 0. The van der Waals surface area contributed by atoms with Crippen molar-refractivity contribution in [1.29, 1.82) is 0 Å². The average molecular weight is 199 g/mol. The van der Waals surface area contributed by atoms with Crippen molar-refractivity contribution in [2.75, 3.05) is 0 Å². The first-order chi connectivity index (χ1) is 6.39. The molecule has 14 heavy (non-hydrogen) atoms. The molecule has 0 saturated heterocycles. The largest absolute Gasteiger partial charge is 2.00 e. The van der Waals surface area contributed by atoms with Crippen molar-refractivity contribution < 1.29 is 0 Å². The summed E-state index contributed by atoms with van der Waals surface area (Å²) in [5, 5.41) is 0. The van der Waals surface area contributed by atoms with Crippen LogP contribution in [0.4, 0.5) is 0 Å². The molecular formula is C13H18Mg. The zero-order valence-electron chi connectivity index (χ0n) is 8.91. The Morgan fingerprint density at radius 1 is 0.929 bits per heavy atom. The van der Waals surface area contributed by atoms with E-state index in [0.717, 1.165) is 5.56 Å². The van der Waals surface area contributed by atoms with E-state index in [4.69, 9.17) is 0 Å². The van der Waals surface area contributed by atoms with Gasteiger partial charge in [-0.05, 0) is 0 Å². The van der Waals surface area contributed by atoms with Gasteiger partial charge in [-0.15, -0.1) is 12.1 Å². The Kier molecular flexibility index (Phi) is 9.32. The summed E-state index contributed by atoms with van der Waals surface area (Å²) in [6.45, 7) is 3.72. The predicted molar refractivity (Wildman–Crippen MR) is 64.0 cm³/mol. The standard InChI is InChI=1S/C7H7.C6H11.Mg/c1-7-5-3-2-4-6-7;1-2-4-6-5-3-1;/h2-6H,1H2;1H,2-6H2;/q2*-1;+2. The van der Waals surface area contributed by atoms with Gasteiger partial charge in [0.2, 0.25) is 0 Å². The SMILES string of the molecule is [CH-]1CCCCC1.[CH2-]c1ccccc1.[Mg+2]. The molecule has 72 valence electrons. The van der Waals surface area contributed by atoms with Crippen LogP contribution in [0.15, 0.2) is 30.3 Å². The van der Waals surface area contributed by atoms with Crippen LogP contribution >= 0.6 is 0 Å². The molecule has 0 aromatic heterocycles. The monoisotopic (exact) mass is 198 g/mol. The fourth-order valence-electron chi connectivity index (χ4n) is 1.38. The summed E-state index contributed by atoms with van der Waals surface area (Å²) in [5.41, 5.74) is 1.07. The van der Waals surface area contributed by atoms with Crippen LogP contribution < -0.4 is 0 Å². The second-order valence-corrected chi connectivity index (χ2v) is 3.41. The molecule has 0 radical (unpaired) electrons. The molecule has 0 heterocycles. The first-order valence-corrected chi connectivity index (χ1v) is 5.08. The minimum atomic E-state index is 0. The minimum Gasteiger partial charge on any atom is -0.328 e. The molecule has 0 N–H and O–H groups in total. The maximum atomic E-state index is 3.72. The number of benzene rings is 1. The molecule has 1 saturated carbocycles. The van der Waals surface area contributed by atoms with E-state index in [1.807, 2.05) is 30.3 Å². The van der Waals surface area contributed by atoms with E-state index in [1.165, 1.54) is 32.1 Å². The Morgan fingerprint density at radius 3 is 1.71 bits per heavy atom. The van der Waals surface area contributed by atoms with Gasteiger partial charge >= 0.3 is 23.1 Å². The molecule has 2 rings (SSSR count). The van der Waals surface area contributed by atoms with Gasteiger partial charge in [0.15, 0.2) is 0 Å². The van der Waals surface area contributed by atoms with Gasteiger partial charge < -0.3 is 6.42 Å². The van der Waals surface area contributed by atoms with Gasteiger partial charge in [0.25, 0.3) is 0 Å². The molecule has 0 unspecified atom stereocenters. The molecule has 0 bridgehead atoms. The van der Waals surface area contributed by atoms with Gasteiger partial charge in [0.05, 0.1) is 0 Å². The van der Waals surface area contributed by atoms with Crippen molar-refractivity contribution in [3.8, 4) is 0 Å². The van der Waals surface area contributed by atoms with E-state index in [9.17, 15) is 0 Å². The molecule has 0 aliphatic heterocycles. The van der Waals surface area contributed by atoms with Crippen molar-refractivity contribution in [2.24, 2.45) is 0 Å². The summed E-state index contributed by atoms with van der Waals surface area (Å²) < 4.78 is 0. The molecule has 1 heteroatoms. The molecule has 0 spiro atoms. The first kappa shape index (κ1) is 13.9. The molecule has 1 aromatic carbocycles. The summed E-state index contributed by atoms with van der Waals surface area (Å²) >= 11 is 0. The zero-order chi connectivity index (χ0) is 9.36. The van der Waals surface area contributed by atoms with Crippen LogP contribution in [0.1, 0.15) is 37.7 Å². The molecule has 0 amide bonds. The third-order valence-corrected chi connectivity index (χ3v) is 2.16. The second kappa shape index (κ2) is 9.41. The Bertz CT molecular complexity index is 190. The first-order valence-electron chi connectivity index (χ1n) is 5.08. The molecule has 1 aromatic rings. The topological polar surface area (TPSA) is 0 Å². The van der Waals surface area contributed by atoms with Crippen LogP contribution in [-0.4, -0.2) is 23.1 Å². The van der Waals surface area contributed by atoms with Crippen LogP contribution in [0.2, 0.25) is 0 Å². The van der Waals surface area contributed by atoms with Gasteiger partial charge in [-0.1, -0.05) is 25.3 Å². The molecule has 1 fully saturated rings. The Labute approximate surface area is 104 Å². The maximum absolute atomic E-state index is 3.72. The molecule has 1 aliphatic carbocycles. The second-order valence-electron chi connectivity index (χ2n) is 3.41. The third kappa shape index (κ3) is 7.28. The summed E-state index contributed by atoms with van der Waals surface area (Å²) in [6, 6.07) is 9.87. The van der Waals surface area contributed by atoms with E-state index in [2.05, 4.69) is 13.3 Å². The fraction of sp³-hybridized carbons (Fsp3) is 0.385. The summed E-state index contributed by atoms with van der Waals surface area (Å²) in [5.74, 6) is 0. The van der Waals surface area contributed by atoms with E-state index in [-0.39, 0.29) is 23.1 Å². The Balaban J connectivity index is 0.000000227. The quantitative estimate of drug-likeness (QED) is 0.441. The maximum Gasteiger partial charge on any atom is 2.00 e. The van der Waals surface area contributed by atoms with Crippen LogP contribution in [0, 0.1) is 13.3 Å². The zero-order valence-corrected chi connectivity index (χ0v) is 10.3. The van der Waals surface area contributed by atoms with Crippen molar-refractivity contribution in [1.82, 2.24) is 0 Å². The summed E-state index contributed by atoms with van der Waals surface area (Å²) in [7, 11) is 0. The Hall–Kier alpha value is -0.144. The van der Waals surface area contributed by atoms with Crippen molar-refractivity contribution in [2.45, 2.75) is 32.1 Å². The molecule has 1 aliphatic rings. The predicted octanol–water partition coefficient (Wildman–Crippen LogP) is 3.64. The van der Waals surface area contributed by atoms with E-state index >= 15 is 0 Å². The number of hydrogen-bond acceptors (Lipinski definition) is 0. The van der Waals surface area contributed by atoms with Crippen LogP contribution in [0.25, 0.3) is 0 Å². The van der Waals surface area contributed by atoms with Gasteiger partial charge in [0, 0.05) is 0 Å². The molecule has 0 atom stereocenters. The third-order valence-electron chi connectivity index (χ3n) is 2.16. The van der Waals surface area contributed by atoms with Crippen molar-refractivity contribution >= 4 is 23.1 Å².